The number of halogens is 1. The second-order valence-electron chi connectivity index (χ2n) is 12.2. The lowest BCUT2D eigenvalue weighted by molar-refractivity contribution is -0.134. The number of nitrogens with zero attached hydrogens (tertiary/aromatic N) is 2. The average Bonchev–Trinajstić information content (AvgIpc) is 2.84. The Bertz CT molecular complexity index is 1210. The number of carbonyl (C=O) groups excluding carboxylic acids is 2. The SMILES string of the molecule is CC/C(C)=C(/OC(=NC)NC1(C)CN(c2ccc(C3CCC(=O)NC3=O)c(F)c2OC)C1)C1CC2(CCC2)C1. The van der Waals surface area contributed by atoms with Crippen LogP contribution in [0.4, 0.5) is 10.1 Å². The number of allylic oxidation sites excluding steroid dienone is 2. The Morgan fingerprint density at radius 2 is 1.97 bits per heavy atom. The Morgan fingerprint density at radius 3 is 2.54 bits per heavy atom. The van der Waals surface area contributed by atoms with Crippen molar-refractivity contribution < 1.29 is 23.5 Å². The number of rotatable bonds is 7. The van der Waals surface area contributed by atoms with Crippen molar-refractivity contribution in [2.45, 2.75) is 83.6 Å². The summed E-state index contributed by atoms with van der Waals surface area (Å²) in [5.41, 5.74) is 2.39. The first-order valence-corrected chi connectivity index (χ1v) is 14.2. The Kier molecular flexibility index (Phi) is 7.37. The van der Waals surface area contributed by atoms with Crippen LogP contribution in [0.25, 0.3) is 0 Å². The minimum atomic E-state index is -0.710. The van der Waals surface area contributed by atoms with E-state index in [0.717, 1.165) is 12.2 Å². The summed E-state index contributed by atoms with van der Waals surface area (Å²) >= 11 is 0. The van der Waals surface area contributed by atoms with Crippen LogP contribution in [-0.4, -0.2) is 50.6 Å². The lowest BCUT2D eigenvalue weighted by Crippen LogP contribution is -2.69. The monoisotopic (exact) mass is 540 g/mol. The van der Waals surface area contributed by atoms with Crippen LogP contribution in [0.2, 0.25) is 0 Å². The van der Waals surface area contributed by atoms with Crippen LogP contribution in [0, 0.1) is 17.2 Å². The van der Waals surface area contributed by atoms with Gasteiger partial charge in [-0.05, 0) is 69.4 Å². The van der Waals surface area contributed by atoms with Gasteiger partial charge in [-0.3, -0.25) is 14.9 Å². The molecular weight excluding hydrogens is 499 g/mol. The molecule has 212 valence electrons. The van der Waals surface area contributed by atoms with Gasteiger partial charge in [-0.2, -0.15) is 0 Å². The normalized spacial score (nSPS) is 24.7. The first kappa shape index (κ1) is 27.5. The highest BCUT2D eigenvalue weighted by Crippen LogP contribution is 2.60. The molecule has 5 rings (SSSR count). The molecule has 0 bridgehead atoms. The number of hydrogen-bond donors (Lipinski definition) is 2. The summed E-state index contributed by atoms with van der Waals surface area (Å²) in [6.07, 6.45) is 7.89. The van der Waals surface area contributed by atoms with Crippen LogP contribution in [0.5, 0.6) is 5.75 Å². The highest BCUT2D eigenvalue weighted by atomic mass is 19.1. The number of methoxy groups -OCH3 is 1. The maximum atomic E-state index is 15.5. The van der Waals surface area contributed by atoms with Crippen LogP contribution in [0.15, 0.2) is 28.5 Å². The van der Waals surface area contributed by atoms with Crippen molar-refractivity contribution in [3.05, 3.63) is 34.8 Å². The summed E-state index contributed by atoms with van der Waals surface area (Å²) in [5, 5.41) is 5.80. The van der Waals surface area contributed by atoms with Gasteiger partial charge in [0.1, 0.15) is 5.76 Å². The Hall–Kier alpha value is -3.10. The smallest absolute Gasteiger partial charge is 0.290 e. The first-order valence-electron chi connectivity index (χ1n) is 14.2. The minimum Gasteiger partial charge on any atom is -0.492 e. The maximum Gasteiger partial charge on any atom is 0.290 e. The van der Waals surface area contributed by atoms with E-state index < -0.39 is 17.6 Å². The fourth-order valence-corrected chi connectivity index (χ4v) is 6.75. The Labute approximate surface area is 230 Å². The van der Waals surface area contributed by atoms with Gasteiger partial charge in [0.25, 0.3) is 6.02 Å². The number of anilines is 1. The fraction of sp³-hybridized carbons (Fsp3) is 0.633. The molecule has 1 unspecified atom stereocenters. The molecule has 9 heteroatoms. The molecule has 2 heterocycles. The molecule has 2 aliphatic heterocycles. The lowest BCUT2D eigenvalue weighted by atomic mass is 9.51. The topological polar surface area (TPSA) is 92.3 Å². The number of aliphatic imine (C=N–C) groups is 1. The third-order valence-electron chi connectivity index (χ3n) is 9.26. The summed E-state index contributed by atoms with van der Waals surface area (Å²) in [6, 6.07) is 3.95. The van der Waals surface area contributed by atoms with Gasteiger partial charge in [-0.25, -0.2) is 9.38 Å². The predicted octanol–water partition coefficient (Wildman–Crippen LogP) is 4.79. The van der Waals surface area contributed by atoms with Crippen molar-refractivity contribution in [2.24, 2.45) is 16.3 Å². The van der Waals surface area contributed by atoms with E-state index in [9.17, 15) is 9.59 Å². The Balaban J connectivity index is 1.25. The van der Waals surface area contributed by atoms with E-state index in [1.807, 2.05) is 4.90 Å². The molecule has 2 N–H and O–H groups in total. The van der Waals surface area contributed by atoms with Gasteiger partial charge in [0.05, 0.1) is 24.3 Å². The van der Waals surface area contributed by atoms with Gasteiger partial charge in [0.15, 0.2) is 11.6 Å². The summed E-state index contributed by atoms with van der Waals surface area (Å²) in [6.45, 7) is 7.61. The first-order chi connectivity index (χ1) is 18.6. The van der Waals surface area contributed by atoms with Gasteiger partial charge < -0.3 is 19.7 Å². The van der Waals surface area contributed by atoms with E-state index in [1.165, 1.54) is 44.8 Å². The van der Waals surface area contributed by atoms with Gasteiger partial charge >= 0.3 is 0 Å². The summed E-state index contributed by atoms with van der Waals surface area (Å²) in [5.74, 6) is -0.422. The van der Waals surface area contributed by atoms with E-state index in [0.29, 0.717) is 36.1 Å². The molecule has 0 radical (unpaired) electrons. The highest BCUT2D eigenvalue weighted by molar-refractivity contribution is 6.01. The van der Waals surface area contributed by atoms with E-state index in [1.54, 1.807) is 19.2 Å². The molecule has 8 nitrogen and oxygen atoms in total. The molecular formula is C30H41FN4O4. The number of amides is 2. The van der Waals surface area contributed by atoms with Crippen molar-refractivity contribution in [3.63, 3.8) is 0 Å². The molecule has 1 aromatic rings. The number of ether oxygens (including phenoxy) is 2. The molecule has 2 saturated heterocycles. The standard InChI is InChI=1S/C30H41FN4O4/c1-6-18(2)25(19-14-30(15-19)12-7-13-30)39-28(32-4)34-29(3)16-35(17-29)22-10-8-20(24(31)26(22)38-5)21-9-11-23(36)33-27(21)37/h8,10,19,21H,6-7,9,11-17H2,1-5H3,(H,32,34)(H,33,36,37)/b25-18+. The molecule has 39 heavy (non-hydrogen) atoms. The number of imide groups is 1. The second kappa shape index (κ2) is 10.5. The van der Waals surface area contributed by atoms with Crippen molar-refractivity contribution in [3.8, 4) is 5.75 Å². The zero-order valence-corrected chi connectivity index (χ0v) is 23.8. The van der Waals surface area contributed by atoms with E-state index in [-0.39, 0.29) is 35.6 Å². The highest BCUT2D eigenvalue weighted by Gasteiger charge is 2.50. The van der Waals surface area contributed by atoms with Gasteiger partial charge in [-0.15, -0.1) is 0 Å². The zero-order chi connectivity index (χ0) is 27.9. The number of piperidine rings is 1. The molecule has 2 aliphatic carbocycles. The second-order valence-corrected chi connectivity index (χ2v) is 12.2. The molecule has 1 atom stereocenters. The van der Waals surface area contributed by atoms with E-state index >= 15 is 4.39 Å². The van der Waals surface area contributed by atoms with Crippen molar-refractivity contribution >= 4 is 23.5 Å². The summed E-state index contributed by atoms with van der Waals surface area (Å²) < 4.78 is 27.5. The largest absolute Gasteiger partial charge is 0.492 e. The van der Waals surface area contributed by atoms with E-state index in [4.69, 9.17) is 9.47 Å². The van der Waals surface area contributed by atoms with Crippen molar-refractivity contribution in [2.75, 3.05) is 32.1 Å². The minimum absolute atomic E-state index is 0.110. The summed E-state index contributed by atoms with van der Waals surface area (Å²) in [7, 11) is 3.17. The number of nitrogens with one attached hydrogen (secondary N) is 2. The summed E-state index contributed by atoms with van der Waals surface area (Å²) in [4.78, 5) is 30.3. The number of hydrogen-bond acceptors (Lipinski definition) is 6. The average molecular weight is 541 g/mol. The number of carbonyl (C=O) groups is 2. The van der Waals surface area contributed by atoms with Crippen LogP contribution in [0.1, 0.15) is 83.6 Å². The molecule has 2 saturated carbocycles. The molecule has 4 aliphatic rings. The molecule has 1 aromatic carbocycles. The number of amidine groups is 1. The lowest BCUT2D eigenvalue weighted by Gasteiger charge is -2.55. The zero-order valence-electron chi connectivity index (χ0n) is 23.8. The molecule has 2 amide bonds. The third kappa shape index (κ3) is 5.12. The molecule has 1 spiro atoms. The van der Waals surface area contributed by atoms with Gasteiger partial charge in [0.2, 0.25) is 11.8 Å². The van der Waals surface area contributed by atoms with Crippen molar-refractivity contribution in [1.29, 1.82) is 0 Å². The van der Waals surface area contributed by atoms with Crippen molar-refractivity contribution in [1.82, 2.24) is 10.6 Å². The van der Waals surface area contributed by atoms with Gasteiger partial charge in [-0.1, -0.05) is 19.4 Å². The van der Waals surface area contributed by atoms with Crippen LogP contribution in [0.3, 0.4) is 0 Å². The Morgan fingerprint density at radius 1 is 1.26 bits per heavy atom. The maximum absolute atomic E-state index is 15.5. The van der Waals surface area contributed by atoms with Crippen LogP contribution < -0.4 is 20.3 Å². The van der Waals surface area contributed by atoms with E-state index in [2.05, 4.69) is 36.4 Å². The van der Waals surface area contributed by atoms with Crippen LogP contribution in [-0.2, 0) is 14.3 Å². The molecule has 4 fully saturated rings. The quantitative estimate of drug-likeness (QED) is 0.224. The number of benzene rings is 1. The fourth-order valence-electron chi connectivity index (χ4n) is 6.75. The van der Waals surface area contributed by atoms with Crippen LogP contribution >= 0.6 is 0 Å². The van der Waals surface area contributed by atoms with Gasteiger partial charge in [0, 0.05) is 38.0 Å². The predicted molar refractivity (Wildman–Crippen MR) is 148 cm³/mol. The third-order valence-corrected chi connectivity index (χ3v) is 9.26. The molecule has 0 aromatic heterocycles.